The number of nitrogens with one attached hydrogen (secondary N) is 2. The lowest BCUT2D eigenvalue weighted by atomic mass is 10.7. The van der Waals surface area contributed by atoms with E-state index in [1.807, 2.05) is 13.8 Å². The van der Waals surface area contributed by atoms with Crippen LogP contribution in [0.25, 0.3) is 0 Å². The van der Waals surface area contributed by atoms with Gasteiger partial charge in [-0.2, -0.15) is 15.0 Å². The lowest BCUT2D eigenvalue weighted by Crippen LogP contribution is -2.04. The van der Waals surface area contributed by atoms with Crippen molar-refractivity contribution in [1.82, 2.24) is 30.1 Å². The van der Waals surface area contributed by atoms with Gasteiger partial charge in [0.2, 0.25) is 21.5 Å². The SMILES string of the molecule is CCNc1nc(Cl)nc(Sc2n[nH]c(C)n2)n1. The van der Waals surface area contributed by atoms with Crippen molar-refractivity contribution < 1.29 is 0 Å². The van der Waals surface area contributed by atoms with Crippen molar-refractivity contribution in [1.29, 1.82) is 0 Å². The summed E-state index contributed by atoms with van der Waals surface area (Å²) < 4.78 is 0. The normalized spacial score (nSPS) is 10.5. The van der Waals surface area contributed by atoms with Crippen molar-refractivity contribution in [3.05, 3.63) is 11.1 Å². The molecule has 0 fully saturated rings. The Hall–Kier alpha value is -1.41. The predicted octanol–water partition coefficient (Wildman–Crippen LogP) is 1.53. The summed E-state index contributed by atoms with van der Waals surface area (Å²) >= 11 is 7.02. The fraction of sp³-hybridized carbons (Fsp3) is 0.375. The Morgan fingerprint density at radius 1 is 1.24 bits per heavy atom. The maximum atomic E-state index is 5.79. The zero-order chi connectivity index (χ0) is 12.3. The van der Waals surface area contributed by atoms with Gasteiger partial charge < -0.3 is 5.32 Å². The maximum Gasteiger partial charge on any atom is 0.228 e. The summed E-state index contributed by atoms with van der Waals surface area (Å²) in [5.41, 5.74) is 0. The molecule has 0 aliphatic heterocycles. The molecule has 0 aromatic carbocycles. The Morgan fingerprint density at radius 3 is 2.71 bits per heavy atom. The van der Waals surface area contributed by atoms with E-state index in [4.69, 9.17) is 11.6 Å². The van der Waals surface area contributed by atoms with Crippen LogP contribution in [0.4, 0.5) is 5.95 Å². The number of hydrogen-bond donors (Lipinski definition) is 2. The number of halogens is 1. The van der Waals surface area contributed by atoms with E-state index in [-0.39, 0.29) is 5.28 Å². The second-order valence-electron chi connectivity index (χ2n) is 3.05. The molecule has 2 aromatic rings. The molecule has 2 N–H and O–H groups in total. The highest BCUT2D eigenvalue weighted by atomic mass is 35.5. The Bertz CT molecular complexity index is 514. The number of H-pyrrole nitrogens is 1. The first kappa shape index (κ1) is 12.1. The van der Waals surface area contributed by atoms with E-state index in [1.54, 1.807) is 0 Å². The molecule has 0 radical (unpaired) electrons. The largest absolute Gasteiger partial charge is 0.354 e. The van der Waals surface area contributed by atoms with Crippen LogP contribution in [0.15, 0.2) is 10.3 Å². The molecule has 0 bridgehead atoms. The highest BCUT2D eigenvalue weighted by molar-refractivity contribution is 7.99. The fourth-order valence-corrected chi connectivity index (χ4v) is 1.98. The van der Waals surface area contributed by atoms with Gasteiger partial charge in [-0.15, -0.1) is 5.10 Å². The van der Waals surface area contributed by atoms with E-state index in [0.717, 1.165) is 5.82 Å². The molecule has 0 spiro atoms. The number of anilines is 1. The van der Waals surface area contributed by atoms with Crippen molar-refractivity contribution in [2.24, 2.45) is 0 Å². The van der Waals surface area contributed by atoms with Gasteiger partial charge >= 0.3 is 0 Å². The Labute approximate surface area is 107 Å². The second-order valence-corrected chi connectivity index (χ2v) is 4.32. The quantitative estimate of drug-likeness (QED) is 0.871. The van der Waals surface area contributed by atoms with E-state index in [9.17, 15) is 0 Å². The van der Waals surface area contributed by atoms with Gasteiger partial charge in [-0.25, -0.2) is 4.98 Å². The first-order valence-corrected chi connectivity index (χ1v) is 6.09. The van der Waals surface area contributed by atoms with Gasteiger partial charge in [-0.3, -0.25) is 5.10 Å². The van der Waals surface area contributed by atoms with E-state index in [2.05, 4.69) is 35.5 Å². The molecular weight excluding hydrogens is 262 g/mol. The second kappa shape index (κ2) is 5.28. The van der Waals surface area contributed by atoms with Gasteiger partial charge in [0.25, 0.3) is 0 Å². The molecule has 2 heterocycles. The highest BCUT2D eigenvalue weighted by Gasteiger charge is 2.09. The maximum absolute atomic E-state index is 5.79. The molecular formula is C8H10ClN7S. The zero-order valence-electron chi connectivity index (χ0n) is 9.23. The summed E-state index contributed by atoms with van der Waals surface area (Å²) in [6.45, 7) is 4.48. The van der Waals surface area contributed by atoms with E-state index in [0.29, 0.717) is 22.8 Å². The standard InChI is InChI=1S/C8H10ClN7S/c1-3-10-6-12-5(9)13-7(14-6)17-8-11-4(2)15-16-8/h3H2,1-2H3,(H,11,15,16)(H,10,12,13,14). The predicted molar refractivity (Wildman–Crippen MR) is 64.2 cm³/mol. The van der Waals surface area contributed by atoms with Gasteiger partial charge in [0.05, 0.1) is 0 Å². The summed E-state index contributed by atoms with van der Waals surface area (Å²) in [4.78, 5) is 16.3. The molecule has 0 atom stereocenters. The van der Waals surface area contributed by atoms with Crippen LogP contribution in [-0.2, 0) is 0 Å². The van der Waals surface area contributed by atoms with E-state index < -0.39 is 0 Å². The van der Waals surface area contributed by atoms with Crippen LogP contribution in [0.5, 0.6) is 0 Å². The topological polar surface area (TPSA) is 92.3 Å². The van der Waals surface area contributed by atoms with Crippen LogP contribution in [0.3, 0.4) is 0 Å². The lowest BCUT2D eigenvalue weighted by molar-refractivity contribution is 0.887. The minimum atomic E-state index is 0.144. The number of aromatic amines is 1. The number of hydrogen-bond acceptors (Lipinski definition) is 7. The van der Waals surface area contributed by atoms with Gasteiger partial charge in [0, 0.05) is 6.54 Å². The van der Waals surface area contributed by atoms with Crippen molar-refractivity contribution in [2.75, 3.05) is 11.9 Å². The summed E-state index contributed by atoms with van der Waals surface area (Å²) in [5.74, 6) is 1.18. The van der Waals surface area contributed by atoms with Crippen LogP contribution in [-0.4, -0.2) is 36.7 Å². The van der Waals surface area contributed by atoms with Crippen LogP contribution in [0, 0.1) is 6.92 Å². The molecule has 0 aliphatic rings. The molecule has 2 rings (SSSR count). The molecule has 17 heavy (non-hydrogen) atoms. The van der Waals surface area contributed by atoms with Gasteiger partial charge in [-0.05, 0) is 37.2 Å². The molecule has 9 heteroatoms. The molecule has 0 amide bonds. The van der Waals surface area contributed by atoms with Crippen molar-refractivity contribution in [2.45, 2.75) is 24.2 Å². The minimum Gasteiger partial charge on any atom is -0.354 e. The van der Waals surface area contributed by atoms with Crippen LogP contribution >= 0.6 is 23.4 Å². The summed E-state index contributed by atoms with van der Waals surface area (Å²) in [6.07, 6.45) is 0. The van der Waals surface area contributed by atoms with E-state index >= 15 is 0 Å². The zero-order valence-corrected chi connectivity index (χ0v) is 10.8. The van der Waals surface area contributed by atoms with Crippen molar-refractivity contribution in [3.63, 3.8) is 0 Å². The third-order valence-corrected chi connectivity index (χ3v) is 2.58. The van der Waals surface area contributed by atoms with Gasteiger partial charge in [-0.1, -0.05) is 0 Å². The summed E-state index contributed by atoms with van der Waals surface area (Å²) in [6, 6.07) is 0. The van der Waals surface area contributed by atoms with Gasteiger partial charge in [0.1, 0.15) is 5.82 Å². The molecule has 7 nitrogen and oxygen atoms in total. The summed E-state index contributed by atoms with van der Waals surface area (Å²) in [5, 5.41) is 10.8. The van der Waals surface area contributed by atoms with Crippen molar-refractivity contribution >= 4 is 29.3 Å². The molecule has 0 aliphatic carbocycles. The number of aryl methyl sites for hydroxylation is 1. The third kappa shape index (κ3) is 3.27. The Balaban J connectivity index is 2.20. The molecule has 0 unspecified atom stereocenters. The molecule has 2 aromatic heterocycles. The average Bonchev–Trinajstić information content (AvgIpc) is 2.63. The average molecular weight is 272 g/mol. The highest BCUT2D eigenvalue weighted by Crippen LogP contribution is 2.22. The monoisotopic (exact) mass is 271 g/mol. The van der Waals surface area contributed by atoms with Crippen LogP contribution in [0.2, 0.25) is 5.28 Å². The first-order chi connectivity index (χ1) is 8.17. The van der Waals surface area contributed by atoms with Crippen LogP contribution in [0.1, 0.15) is 12.7 Å². The van der Waals surface area contributed by atoms with Crippen LogP contribution < -0.4 is 5.32 Å². The third-order valence-electron chi connectivity index (χ3n) is 1.68. The Morgan fingerprint density at radius 2 is 2.06 bits per heavy atom. The Kier molecular flexibility index (Phi) is 3.75. The molecule has 90 valence electrons. The minimum absolute atomic E-state index is 0.144. The summed E-state index contributed by atoms with van der Waals surface area (Å²) in [7, 11) is 0. The fourth-order valence-electron chi connectivity index (χ4n) is 1.06. The van der Waals surface area contributed by atoms with Gasteiger partial charge in [0.15, 0.2) is 0 Å². The van der Waals surface area contributed by atoms with Crippen molar-refractivity contribution in [3.8, 4) is 0 Å². The molecule has 0 saturated carbocycles. The van der Waals surface area contributed by atoms with E-state index in [1.165, 1.54) is 11.8 Å². The lowest BCUT2D eigenvalue weighted by Gasteiger charge is -2.02. The first-order valence-electron chi connectivity index (χ1n) is 4.89. The number of rotatable bonds is 4. The number of aromatic nitrogens is 6. The smallest absolute Gasteiger partial charge is 0.228 e. The molecule has 0 saturated heterocycles. The number of nitrogens with zero attached hydrogens (tertiary/aromatic N) is 5.